The molecule has 3 rings (SSSR count). The Hall–Kier alpha value is -2.33. The molecule has 0 aliphatic carbocycles. The molecule has 0 atom stereocenters. The van der Waals surface area contributed by atoms with Crippen molar-refractivity contribution in [1.29, 1.82) is 0 Å². The van der Waals surface area contributed by atoms with Gasteiger partial charge in [0, 0.05) is 12.0 Å². The number of unbranched alkanes of at least 4 members (excludes halogenated alkanes) is 1. The Kier molecular flexibility index (Phi) is 5.62. The van der Waals surface area contributed by atoms with Gasteiger partial charge in [0.25, 0.3) is 0 Å². The Morgan fingerprint density at radius 3 is 2.77 bits per heavy atom. The van der Waals surface area contributed by atoms with Crippen molar-refractivity contribution in [2.24, 2.45) is 0 Å². The number of hydrogen-bond donors (Lipinski definition) is 1. The van der Waals surface area contributed by atoms with Gasteiger partial charge in [0.15, 0.2) is 5.58 Å². The minimum atomic E-state index is -0.0370. The van der Waals surface area contributed by atoms with Gasteiger partial charge in [-0.25, -0.2) is 4.98 Å². The SMILES string of the molecule is CCCCC(=O)Nc1cc(-c2nc3cc(C(C)C)ccc3o2)ccc1Cl. The lowest BCUT2D eigenvalue weighted by molar-refractivity contribution is -0.116. The second kappa shape index (κ2) is 7.92. The van der Waals surface area contributed by atoms with Gasteiger partial charge in [-0.15, -0.1) is 0 Å². The lowest BCUT2D eigenvalue weighted by Crippen LogP contribution is -2.11. The summed E-state index contributed by atoms with van der Waals surface area (Å²) in [6, 6.07) is 11.5. The first-order valence-electron chi connectivity index (χ1n) is 8.98. The molecule has 0 unspecified atom stereocenters. The topological polar surface area (TPSA) is 55.1 Å². The fraction of sp³-hybridized carbons (Fsp3) is 0.333. The Labute approximate surface area is 158 Å². The molecule has 1 N–H and O–H groups in total. The van der Waals surface area contributed by atoms with Crippen LogP contribution in [-0.4, -0.2) is 10.9 Å². The summed E-state index contributed by atoms with van der Waals surface area (Å²) in [4.78, 5) is 16.6. The van der Waals surface area contributed by atoms with E-state index >= 15 is 0 Å². The summed E-state index contributed by atoms with van der Waals surface area (Å²) in [6.07, 6.45) is 2.31. The maximum absolute atomic E-state index is 12.0. The highest BCUT2D eigenvalue weighted by atomic mass is 35.5. The maximum Gasteiger partial charge on any atom is 0.227 e. The third kappa shape index (κ3) is 4.07. The first-order valence-corrected chi connectivity index (χ1v) is 9.36. The van der Waals surface area contributed by atoms with E-state index in [1.165, 1.54) is 5.56 Å². The van der Waals surface area contributed by atoms with Gasteiger partial charge < -0.3 is 9.73 Å². The zero-order valence-corrected chi connectivity index (χ0v) is 16.1. The zero-order chi connectivity index (χ0) is 18.7. The minimum Gasteiger partial charge on any atom is -0.436 e. The van der Waals surface area contributed by atoms with Gasteiger partial charge in [-0.3, -0.25) is 4.79 Å². The van der Waals surface area contributed by atoms with Crippen LogP contribution in [0.3, 0.4) is 0 Å². The largest absolute Gasteiger partial charge is 0.436 e. The summed E-state index contributed by atoms with van der Waals surface area (Å²) in [5.41, 5.74) is 4.15. The number of amides is 1. The van der Waals surface area contributed by atoms with Crippen molar-refractivity contribution in [3.63, 3.8) is 0 Å². The average Bonchev–Trinajstić information content (AvgIpc) is 3.05. The fourth-order valence-corrected chi connectivity index (χ4v) is 2.90. The predicted octanol–water partition coefficient (Wildman–Crippen LogP) is 6.40. The van der Waals surface area contributed by atoms with Crippen LogP contribution in [0.5, 0.6) is 0 Å². The molecular formula is C21H23ClN2O2. The van der Waals surface area contributed by atoms with Crippen molar-refractivity contribution in [3.05, 3.63) is 47.0 Å². The second-order valence-corrected chi connectivity index (χ2v) is 7.15. The number of anilines is 1. The third-order valence-electron chi connectivity index (χ3n) is 4.32. The minimum absolute atomic E-state index is 0.0370. The van der Waals surface area contributed by atoms with E-state index < -0.39 is 0 Å². The number of halogens is 1. The number of fused-ring (bicyclic) bond motifs is 1. The number of hydrogen-bond acceptors (Lipinski definition) is 3. The van der Waals surface area contributed by atoms with E-state index in [4.69, 9.17) is 16.0 Å². The smallest absolute Gasteiger partial charge is 0.227 e. The lowest BCUT2D eigenvalue weighted by Gasteiger charge is -2.08. The molecule has 1 amide bonds. The summed E-state index contributed by atoms with van der Waals surface area (Å²) >= 11 is 6.23. The van der Waals surface area contributed by atoms with Crippen LogP contribution in [0.1, 0.15) is 51.5 Å². The van der Waals surface area contributed by atoms with Crippen molar-refractivity contribution in [2.75, 3.05) is 5.32 Å². The first-order chi connectivity index (χ1) is 12.5. The molecule has 0 saturated heterocycles. The summed E-state index contributed by atoms with van der Waals surface area (Å²) in [5, 5.41) is 3.37. The van der Waals surface area contributed by atoms with Crippen LogP contribution in [0.2, 0.25) is 5.02 Å². The molecule has 26 heavy (non-hydrogen) atoms. The van der Waals surface area contributed by atoms with Crippen LogP contribution >= 0.6 is 11.6 Å². The molecule has 0 radical (unpaired) electrons. The van der Waals surface area contributed by atoms with Gasteiger partial charge in [-0.2, -0.15) is 0 Å². The van der Waals surface area contributed by atoms with Gasteiger partial charge in [0.1, 0.15) is 5.52 Å². The molecular weight excluding hydrogens is 348 g/mol. The zero-order valence-electron chi connectivity index (χ0n) is 15.3. The molecule has 3 aromatic rings. The quantitative estimate of drug-likeness (QED) is 0.546. The summed E-state index contributed by atoms with van der Waals surface area (Å²) < 4.78 is 5.89. The van der Waals surface area contributed by atoms with Crippen molar-refractivity contribution in [3.8, 4) is 11.5 Å². The van der Waals surface area contributed by atoms with Gasteiger partial charge in [-0.1, -0.05) is 44.9 Å². The number of benzene rings is 2. The van der Waals surface area contributed by atoms with E-state index in [9.17, 15) is 4.79 Å². The number of carbonyl (C=O) groups excluding carboxylic acids is 1. The molecule has 0 fully saturated rings. The summed E-state index contributed by atoms with van der Waals surface area (Å²) in [6.45, 7) is 6.35. The number of carbonyl (C=O) groups is 1. The molecule has 0 bridgehead atoms. The standard InChI is InChI=1S/C21H23ClN2O2/c1-4-5-6-20(25)23-17-12-15(7-9-16(17)22)21-24-18-11-14(13(2)3)8-10-19(18)26-21/h7-13H,4-6H2,1-3H3,(H,23,25). The summed E-state index contributed by atoms with van der Waals surface area (Å²) in [7, 11) is 0. The number of aromatic nitrogens is 1. The third-order valence-corrected chi connectivity index (χ3v) is 4.65. The average molecular weight is 371 g/mol. The fourth-order valence-electron chi connectivity index (χ4n) is 2.73. The molecule has 1 heterocycles. The van der Waals surface area contributed by atoms with Crippen LogP contribution in [0.4, 0.5) is 5.69 Å². The Balaban J connectivity index is 1.90. The lowest BCUT2D eigenvalue weighted by atomic mass is 10.0. The van der Waals surface area contributed by atoms with E-state index in [1.807, 2.05) is 12.1 Å². The van der Waals surface area contributed by atoms with Crippen LogP contribution in [0, 0.1) is 0 Å². The number of nitrogens with zero attached hydrogens (tertiary/aromatic N) is 1. The maximum atomic E-state index is 12.0. The van der Waals surface area contributed by atoms with Crippen LogP contribution < -0.4 is 5.32 Å². The number of nitrogens with one attached hydrogen (secondary N) is 1. The molecule has 4 nitrogen and oxygen atoms in total. The molecule has 136 valence electrons. The van der Waals surface area contributed by atoms with Gasteiger partial charge in [0.05, 0.1) is 10.7 Å². The number of rotatable bonds is 6. The number of oxazole rings is 1. The first kappa shape index (κ1) is 18.5. The highest BCUT2D eigenvalue weighted by Crippen LogP contribution is 2.31. The van der Waals surface area contributed by atoms with Crippen LogP contribution in [0.15, 0.2) is 40.8 Å². The van der Waals surface area contributed by atoms with Crippen LogP contribution in [0.25, 0.3) is 22.6 Å². The van der Waals surface area contributed by atoms with Gasteiger partial charge in [0.2, 0.25) is 11.8 Å². The molecule has 0 aliphatic rings. The molecule has 0 saturated carbocycles. The van der Waals surface area contributed by atoms with Gasteiger partial charge in [-0.05, 0) is 48.2 Å². The monoisotopic (exact) mass is 370 g/mol. The molecule has 0 aliphatic heterocycles. The molecule has 1 aromatic heterocycles. The highest BCUT2D eigenvalue weighted by molar-refractivity contribution is 6.33. The van der Waals surface area contributed by atoms with Crippen molar-refractivity contribution < 1.29 is 9.21 Å². The molecule has 2 aromatic carbocycles. The summed E-state index contributed by atoms with van der Waals surface area (Å²) in [5.74, 6) is 0.909. The van der Waals surface area contributed by atoms with Crippen molar-refractivity contribution in [2.45, 2.75) is 46.0 Å². The van der Waals surface area contributed by atoms with E-state index in [1.54, 1.807) is 12.1 Å². The van der Waals surface area contributed by atoms with E-state index in [0.29, 0.717) is 28.9 Å². The Bertz CT molecular complexity index is 931. The van der Waals surface area contributed by atoms with Crippen molar-refractivity contribution in [1.82, 2.24) is 4.98 Å². The predicted molar refractivity (Wildman–Crippen MR) is 107 cm³/mol. The normalized spacial score (nSPS) is 11.3. The molecule has 5 heteroatoms. The van der Waals surface area contributed by atoms with E-state index in [0.717, 1.165) is 29.5 Å². The van der Waals surface area contributed by atoms with E-state index in [2.05, 4.69) is 43.2 Å². The van der Waals surface area contributed by atoms with Crippen LogP contribution in [-0.2, 0) is 4.79 Å². The van der Waals surface area contributed by atoms with Crippen molar-refractivity contribution >= 4 is 34.3 Å². The molecule has 0 spiro atoms. The Morgan fingerprint density at radius 2 is 2.04 bits per heavy atom. The van der Waals surface area contributed by atoms with Gasteiger partial charge >= 0.3 is 0 Å². The van der Waals surface area contributed by atoms with E-state index in [-0.39, 0.29) is 5.91 Å². The highest BCUT2D eigenvalue weighted by Gasteiger charge is 2.13. The Morgan fingerprint density at radius 1 is 1.23 bits per heavy atom. The second-order valence-electron chi connectivity index (χ2n) is 6.75.